The topological polar surface area (TPSA) is 104 Å². The number of rotatable bonds is 7. The van der Waals surface area contributed by atoms with E-state index in [4.69, 9.17) is 4.74 Å². The Bertz CT molecular complexity index is 1430. The second-order valence-corrected chi connectivity index (χ2v) is 11.4. The standard InChI is InChI=1S/C30H32F6N6O3/c1-18(21-13-22(29(31,32)33)15-23(14-21)30(34,35)36)45-25-9-12-42(17-24(25)19-5-3-2-4-6-19)28(44)20-7-10-41(11-8-20)27(43)16-26-37-39-40-38-26/h2-6,13-15,18,20,24-25H,7-12,16-17H2,1H3,(H,37,38,39,40)/t18-,24+,25+/m1/s1. The van der Waals surface area contributed by atoms with Gasteiger partial charge in [-0.3, -0.25) is 9.59 Å². The molecule has 0 radical (unpaired) electrons. The van der Waals surface area contributed by atoms with Crippen LogP contribution in [-0.2, 0) is 33.1 Å². The number of likely N-dealkylation sites (tertiary alicyclic amines) is 2. The van der Waals surface area contributed by atoms with Crippen molar-refractivity contribution < 1.29 is 40.7 Å². The zero-order valence-electron chi connectivity index (χ0n) is 24.3. The van der Waals surface area contributed by atoms with Crippen LogP contribution in [0.15, 0.2) is 48.5 Å². The van der Waals surface area contributed by atoms with Gasteiger partial charge in [0.05, 0.1) is 29.8 Å². The molecule has 2 aliphatic heterocycles. The third-order valence-corrected chi connectivity index (χ3v) is 8.45. The molecule has 242 valence electrons. The van der Waals surface area contributed by atoms with Crippen molar-refractivity contribution in [2.24, 2.45) is 5.92 Å². The van der Waals surface area contributed by atoms with Crippen LogP contribution < -0.4 is 0 Å². The maximum Gasteiger partial charge on any atom is 0.416 e. The van der Waals surface area contributed by atoms with E-state index in [1.807, 2.05) is 30.3 Å². The fourth-order valence-electron chi connectivity index (χ4n) is 6.01. The minimum atomic E-state index is -4.97. The van der Waals surface area contributed by atoms with Gasteiger partial charge in [-0.2, -0.15) is 26.3 Å². The summed E-state index contributed by atoms with van der Waals surface area (Å²) in [5.74, 6) is -0.491. The second kappa shape index (κ2) is 13.2. The van der Waals surface area contributed by atoms with Crippen LogP contribution in [0.3, 0.4) is 0 Å². The molecule has 3 atom stereocenters. The quantitative estimate of drug-likeness (QED) is 0.358. The summed E-state index contributed by atoms with van der Waals surface area (Å²) in [7, 11) is 0. The molecule has 45 heavy (non-hydrogen) atoms. The van der Waals surface area contributed by atoms with Crippen molar-refractivity contribution in [3.63, 3.8) is 0 Å². The number of benzene rings is 2. The molecule has 2 fully saturated rings. The number of ether oxygens (including phenoxy) is 1. The van der Waals surface area contributed by atoms with Gasteiger partial charge in [0.15, 0.2) is 5.82 Å². The number of aromatic nitrogens is 4. The molecule has 1 aromatic heterocycles. The molecule has 0 saturated carbocycles. The highest BCUT2D eigenvalue weighted by Gasteiger charge is 2.40. The lowest BCUT2D eigenvalue weighted by Gasteiger charge is -2.42. The van der Waals surface area contributed by atoms with Crippen LogP contribution in [0.25, 0.3) is 0 Å². The van der Waals surface area contributed by atoms with E-state index in [1.54, 1.807) is 9.80 Å². The monoisotopic (exact) mass is 638 g/mol. The van der Waals surface area contributed by atoms with Crippen LogP contribution in [0.4, 0.5) is 26.3 Å². The Morgan fingerprint density at radius 3 is 2.13 bits per heavy atom. The number of piperidine rings is 2. The summed E-state index contributed by atoms with van der Waals surface area (Å²) >= 11 is 0. The molecule has 1 N–H and O–H groups in total. The normalized spacial score (nSPS) is 20.7. The minimum Gasteiger partial charge on any atom is -0.370 e. The highest BCUT2D eigenvalue weighted by molar-refractivity contribution is 5.81. The molecule has 0 bridgehead atoms. The van der Waals surface area contributed by atoms with Crippen LogP contribution in [0.2, 0.25) is 0 Å². The summed E-state index contributed by atoms with van der Waals surface area (Å²) in [4.78, 5) is 29.6. The molecule has 9 nitrogen and oxygen atoms in total. The number of H-pyrrole nitrogens is 1. The van der Waals surface area contributed by atoms with Crippen LogP contribution in [-0.4, -0.2) is 74.5 Å². The molecule has 3 heterocycles. The lowest BCUT2D eigenvalue weighted by Crippen LogP contribution is -2.50. The van der Waals surface area contributed by atoms with Crippen molar-refractivity contribution in [3.05, 3.63) is 76.6 Å². The maximum atomic E-state index is 13.6. The van der Waals surface area contributed by atoms with Crippen molar-refractivity contribution in [2.75, 3.05) is 26.2 Å². The number of nitrogens with one attached hydrogen (secondary N) is 1. The number of amides is 2. The first kappa shape index (κ1) is 32.4. The molecule has 2 aliphatic rings. The summed E-state index contributed by atoms with van der Waals surface area (Å²) in [6.07, 6.45) is -10.2. The molecule has 3 aromatic rings. The first-order chi connectivity index (χ1) is 21.3. The van der Waals surface area contributed by atoms with E-state index in [9.17, 15) is 35.9 Å². The number of tetrazole rings is 1. The number of aromatic amines is 1. The largest absolute Gasteiger partial charge is 0.416 e. The van der Waals surface area contributed by atoms with E-state index in [2.05, 4.69) is 20.6 Å². The van der Waals surface area contributed by atoms with Crippen molar-refractivity contribution in [1.82, 2.24) is 30.4 Å². The van der Waals surface area contributed by atoms with Crippen molar-refractivity contribution >= 4 is 11.8 Å². The molecule has 0 aliphatic carbocycles. The van der Waals surface area contributed by atoms with E-state index in [1.165, 1.54) is 6.92 Å². The van der Waals surface area contributed by atoms with Gasteiger partial charge in [-0.05, 0) is 65.9 Å². The third-order valence-electron chi connectivity index (χ3n) is 8.45. The molecule has 2 saturated heterocycles. The number of carbonyl (C=O) groups is 2. The average molecular weight is 639 g/mol. The summed E-state index contributed by atoms with van der Waals surface area (Å²) in [5, 5.41) is 13.2. The summed E-state index contributed by atoms with van der Waals surface area (Å²) in [6, 6.07) is 10.7. The van der Waals surface area contributed by atoms with E-state index in [0.29, 0.717) is 56.9 Å². The lowest BCUT2D eigenvalue weighted by molar-refractivity contribution is -0.144. The van der Waals surface area contributed by atoms with Gasteiger partial charge < -0.3 is 14.5 Å². The van der Waals surface area contributed by atoms with Crippen LogP contribution in [0.5, 0.6) is 0 Å². The molecule has 2 aromatic carbocycles. The molecule has 5 rings (SSSR count). The van der Waals surface area contributed by atoms with Crippen LogP contribution >= 0.6 is 0 Å². The maximum absolute atomic E-state index is 13.6. The highest BCUT2D eigenvalue weighted by Crippen LogP contribution is 2.40. The fourth-order valence-corrected chi connectivity index (χ4v) is 6.01. The van der Waals surface area contributed by atoms with Crippen LogP contribution in [0, 0.1) is 5.92 Å². The van der Waals surface area contributed by atoms with E-state index in [0.717, 1.165) is 5.56 Å². The SMILES string of the molecule is C[C@@H](O[C@H]1CCN(C(=O)C2CCN(C(=O)Cc3nnn[nH]3)CC2)C[C@H]1c1ccccc1)c1cc(C(F)(F)F)cc(C(F)(F)F)c1. The predicted octanol–water partition coefficient (Wildman–Crippen LogP) is 5.18. The first-order valence-electron chi connectivity index (χ1n) is 14.6. The van der Waals surface area contributed by atoms with Gasteiger partial charge in [0.25, 0.3) is 0 Å². The molecule has 2 amide bonds. The molecular weight excluding hydrogens is 606 g/mol. The first-order valence-corrected chi connectivity index (χ1v) is 14.6. The van der Waals surface area contributed by atoms with Gasteiger partial charge in [0.1, 0.15) is 0 Å². The van der Waals surface area contributed by atoms with Gasteiger partial charge >= 0.3 is 12.4 Å². The van der Waals surface area contributed by atoms with Gasteiger partial charge in [-0.15, -0.1) is 5.10 Å². The highest BCUT2D eigenvalue weighted by atomic mass is 19.4. The van der Waals surface area contributed by atoms with E-state index >= 15 is 0 Å². The lowest BCUT2D eigenvalue weighted by atomic mass is 9.86. The van der Waals surface area contributed by atoms with Crippen LogP contribution in [0.1, 0.15) is 66.3 Å². The Kier molecular flexibility index (Phi) is 9.46. The van der Waals surface area contributed by atoms with Crippen molar-refractivity contribution in [1.29, 1.82) is 0 Å². The van der Waals surface area contributed by atoms with Crippen molar-refractivity contribution in [2.45, 2.75) is 63.1 Å². The number of nitrogens with zero attached hydrogens (tertiary/aromatic N) is 5. The van der Waals surface area contributed by atoms with Gasteiger partial charge in [0, 0.05) is 38.0 Å². The fraction of sp³-hybridized carbons (Fsp3) is 0.500. The summed E-state index contributed by atoms with van der Waals surface area (Å²) in [6.45, 7) is 2.84. The predicted molar refractivity (Wildman–Crippen MR) is 147 cm³/mol. The third kappa shape index (κ3) is 7.81. The van der Waals surface area contributed by atoms with Crippen molar-refractivity contribution in [3.8, 4) is 0 Å². The van der Waals surface area contributed by atoms with Gasteiger partial charge in [-0.25, -0.2) is 5.10 Å². The smallest absolute Gasteiger partial charge is 0.370 e. The Morgan fingerprint density at radius 1 is 0.933 bits per heavy atom. The zero-order valence-corrected chi connectivity index (χ0v) is 24.3. The average Bonchev–Trinajstić information content (AvgIpc) is 3.53. The number of halogens is 6. The van der Waals surface area contributed by atoms with Gasteiger partial charge in [-0.1, -0.05) is 30.3 Å². The zero-order chi connectivity index (χ0) is 32.4. The number of hydrogen-bond donors (Lipinski definition) is 1. The number of alkyl halides is 6. The number of carbonyl (C=O) groups excluding carboxylic acids is 2. The second-order valence-electron chi connectivity index (χ2n) is 11.4. The Morgan fingerprint density at radius 2 is 1.56 bits per heavy atom. The van der Waals surface area contributed by atoms with Gasteiger partial charge in [0.2, 0.25) is 11.8 Å². The molecule has 0 unspecified atom stereocenters. The Balaban J connectivity index is 1.27. The Hall–Kier alpha value is -4.01. The molecule has 0 spiro atoms. The Labute approximate surface area is 254 Å². The molecule has 15 heteroatoms. The minimum absolute atomic E-state index is 0.0360. The number of hydrogen-bond acceptors (Lipinski definition) is 6. The summed E-state index contributed by atoms with van der Waals surface area (Å²) < 4.78 is 87.1. The van der Waals surface area contributed by atoms with E-state index in [-0.39, 0.29) is 48.2 Å². The van der Waals surface area contributed by atoms with E-state index < -0.39 is 35.7 Å². The summed E-state index contributed by atoms with van der Waals surface area (Å²) in [5.41, 5.74) is -2.19. The molecular formula is C30H32F6N6O3.